The Morgan fingerprint density at radius 1 is 1.32 bits per heavy atom. The molecule has 2 atom stereocenters. The molecule has 1 fully saturated rings. The van der Waals surface area contributed by atoms with Crippen LogP contribution < -0.4 is 10.9 Å². The number of piperidine rings is 1. The van der Waals surface area contributed by atoms with E-state index in [9.17, 15) is 27.6 Å². The number of aromatic nitrogens is 1. The number of hydrogen-bond donors (Lipinski definition) is 1. The first-order valence-electron chi connectivity index (χ1n) is 7.88. The molecule has 1 N–H and O–H groups in total. The van der Waals surface area contributed by atoms with Crippen molar-refractivity contribution in [2.24, 2.45) is 0 Å². The maximum absolute atomic E-state index is 13.0. The number of amides is 2. The van der Waals surface area contributed by atoms with Crippen molar-refractivity contribution in [3.8, 4) is 0 Å². The van der Waals surface area contributed by atoms with Crippen LogP contribution in [0.3, 0.4) is 0 Å². The zero-order valence-corrected chi connectivity index (χ0v) is 14.0. The fraction of sp³-hybridized carbons (Fsp3) is 0.562. The lowest BCUT2D eigenvalue weighted by Gasteiger charge is -2.40. The number of nitrogens with one attached hydrogen (secondary N) is 1. The minimum Gasteiger partial charge on any atom is -0.350 e. The summed E-state index contributed by atoms with van der Waals surface area (Å²) in [7, 11) is 0. The van der Waals surface area contributed by atoms with Crippen LogP contribution in [-0.2, 0) is 16.1 Å². The maximum atomic E-state index is 13.0. The van der Waals surface area contributed by atoms with Gasteiger partial charge < -0.3 is 14.8 Å². The highest BCUT2D eigenvalue weighted by molar-refractivity contribution is 5.77. The normalized spacial score (nSPS) is 21.1. The fourth-order valence-corrected chi connectivity index (χ4v) is 2.94. The molecule has 6 nitrogen and oxygen atoms in total. The number of alkyl halides is 3. The van der Waals surface area contributed by atoms with Crippen molar-refractivity contribution in [2.45, 2.75) is 51.5 Å². The number of likely N-dealkylation sites (tertiary alicyclic amines) is 1. The van der Waals surface area contributed by atoms with Gasteiger partial charge in [-0.2, -0.15) is 13.2 Å². The van der Waals surface area contributed by atoms with Gasteiger partial charge in [-0.3, -0.25) is 14.4 Å². The molecule has 25 heavy (non-hydrogen) atoms. The molecular formula is C16H20F3N3O3. The summed E-state index contributed by atoms with van der Waals surface area (Å²) in [6, 6.07) is 0.675. The second kappa shape index (κ2) is 7.28. The highest BCUT2D eigenvalue weighted by Crippen LogP contribution is 2.31. The standard InChI is InChI=1S/C16H20F3N3O3/c1-10-5-6-21(15(25)7-10)9-14(24)20-12-3-4-13(16(17,18)19)22(8-12)11(2)23/h5-7,12-13H,3-4,8-9H2,1-2H3,(H,20,24). The number of carbonyl (C=O) groups excluding carboxylic acids is 2. The largest absolute Gasteiger partial charge is 0.408 e. The Morgan fingerprint density at radius 2 is 2.00 bits per heavy atom. The number of aryl methyl sites for hydroxylation is 1. The molecule has 0 spiro atoms. The fourth-order valence-electron chi connectivity index (χ4n) is 2.94. The zero-order chi connectivity index (χ0) is 18.8. The Hall–Kier alpha value is -2.32. The topological polar surface area (TPSA) is 71.4 Å². The molecule has 0 aromatic carbocycles. The average Bonchev–Trinajstić information content (AvgIpc) is 2.49. The van der Waals surface area contributed by atoms with E-state index in [2.05, 4.69) is 5.32 Å². The molecule has 1 aromatic rings. The summed E-state index contributed by atoms with van der Waals surface area (Å²) in [5.74, 6) is -1.17. The van der Waals surface area contributed by atoms with Crippen LogP contribution in [0, 0.1) is 6.92 Å². The van der Waals surface area contributed by atoms with Gasteiger partial charge in [0.15, 0.2) is 0 Å². The third-order valence-electron chi connectivity index (χ3n) is 4.19. The Labute approximate surface area is 142 Å². The van der Waals surface area contributed by atoms with Crippen LogP contribution in [0.25, 0.3) is 0 Å². The molecule has 2 amide bonds. The van der Waals surface area contributed by atoms with E-state index in [1.807, 2.05) is 0 Å². The predicted molar refractivity (Wildman–Crippen MR) is 83.8 cm³/mol. The van der Waals surface area contributed by atoms with Gasteiger partial charge in [0.1, 0.15) is 12.6 Å². The molecule has 1 aromatic heterocycles. The van der Waals surface area contributed by atoms with E-state index >= 15 is 0 Å². The third kappa shape index (κ3) is 4.83. The van der Waals surface area contributed by atoms with Gasteiger partial charge in [0.05, 0.1) is 0 Å². The number of pyridine rings is 1. The second-order valence-corrected chi connectivity index (χ2v) is 6.24. The van der Waals surface area contributed by atoms with E-state index < -0.39 is 30.1 Å². The highest BCUT2D eigenvalue weighted by Gasteiger charge is 2.47. The van der Waals surface area contributed by atoms with E-state index in [1.165, 1.54) is 16.8 Å². The van der Waals surface area contributed by atoms with Gasteiger partial charge in [-0.1, -0.05) is 0 Å². The van der Waals surface area contributed by atoms with Gasteiger partial charge >= 0.3 is 6.18 Å². The van der Waals surface area contributed by atoms with Gasteiger partial charge in [-0.25, -0.2) is 0 Å². The summed E-state index contributed by atoms with van der Waals surface area (Å²) < 4.78 is 40.2. The smallest absolute Gasteiger partial charge is 0.350 e. The van der Waals surface area contributed by atoms with E-state index in [0.717, 1.165) is 17.4 Å². The monoisotopic (exact) mass is 359 g/mol. The highest BCUT2D eigenvalue weighted by atomic mass is 19.4. The van der Waals surface area contributed by atoms with Crippen LogP contribution in [-0.4, -0.2) is 46.1 Å². The predicted octanol–water partition coefficient (Wildman–Crippen LogP) is 1.21. The first-order chi connectivity index (χ1) is 11.6. The van der Waals surface area contributed by atoms with Crippen molar-refractivity contribution in [3.63, 3.8) is 0 Å². The quantitative estimate of drug-likeness (QED) is 0.882. The number of nitrogens with zero attached hydrogens (tertiary/aromatic N) is 2. The molecule has 138 valence electrons. The SMILES string of the molecule is CC(=O)N1CC(NC(=O)Cn2ccc(C)cc2=O)CCC1C(F)(F)F. The molecular weight excluding hydrogens is 339 g/mol. The van der Waals surface area contributed by atoms with Gasteiger partial charge in [0, 0.05) is 31.8 Å². The molecule has 0 radical (unpaired) electrons. The summed E-state index contributed by atoms with van der Waals surface area (Å²) in [6.45, 7) is 2.41. The van der Waals surface area contributed by atoms with E-state index in [0.29, 0.717) is 0 Å². The van der Waals surface area contributed by atoms with Gasteiger partial charge in [-0.15, -0.1) is 0 Å². The van der Waals surface area contributed by atoms with Crippen LogP contribution in [0.5, 0.6) is 0 Å². The Morgan fingerprint density at radius 3 is 2.56 bits per heavy atom. The lowest BCUT2D eigenvalue weighted by molar-refractivity contribution is -0.196. The van der Waals surface area contributed by atoms with Gasteiger partial charge in [-0.05, 0) is 31.4 Å². The van der Waals surface area contributed by atoms with Crippen LogP contribution in [0.1, 0.15) is 25.3 Å². The number of hydrogen-bond acceptors (Lipinski definition) is 3. The molecule has 1 aliphatic rings. The number of halogens is 3. The van der Waals surface area contributed by atoms with E-state index in [1.54, 1.807) is 13.0 Å². The minimum absolute atomic E-state index is 0.114. The number of rotatable bonds is 3. The summed E-state index contributed by atoms with van der Waals surface area (Å²) in [6.07, 6.45) is -3.16. The van der Waals surface area contributed by atoms with E-state index in [4.69, 9.17) is 0 Å². The average molecular weight is 359 g/mol. The minimum atomic E-state index is -4.49. The summed E-state index contributed by atoms with van der Waals surface area (Å²) in [5.41, 5.74) is 0.436. The van der Waals surface area contributed by atoms with Gasteiger partial charge in [0.25, 0.3) is 5.56 Å². The Balaban J connectivity index is 2.00. The van der Waals surface area contributed by atoms with E-state index in [-0.39, 0.29) is 31.5 Å². The molecule has 1 saturated heterocycles. The summed E-state index contributed by atoms with van der Waals surface area (Å²) in [4.78, 5) is 36.1. The lowest BCUT2D eigenvalue weighted by Crippen LogP contribution is -2.58. The first kappa shape index (κ1) is 19.0. The molecule has 0 saturated carbocycles. The maximum Gasteiger partial charge on any atom is 0.408 e. The molecule has 9 heteroatoms. The van der Waals surface area contributed by atoms with Crippen molar-refractivity contribution in [1.82, 2.24) is 14.8 Å². The molecule has 2 unspecified atom stereocenters. The van der Waals surface area contributed by atoms with Crippen molar-refractivity contribution in [3.05, 3.63) is 34.2 Å². The Kier molecular flexibility index (Phi) is 5.54. The first-order valence-corrected chi connectivity index (χ1v) is 7.88. The second-order valence-electron chi connectivity index (χ2n) is 6.24. The lowest BCUT2D eigenvalue weighted by atomic mass is 9.97. The summed E-state index contributed by atoms with van der Waals surface area (Å²) >= 11 is 0. The Bertz CT molecular complexity index is 715. The summed E-state index contributed by atoms with van der Waals surface area (Å²) in [5, 5.41) is 2.61. The number of carbonyl (C=O) groups is 2. The van der Waals surface area contributed by atoms with Crippen LogP contribution >= 0.6 is 0 Å². The van der Waals surface area contributed by atoms with Crippen LogP contribution in [0.4, 0.5) is 13.2 Å². The van der Waals surface area contributed by atoms with Crippen LogP contribution in [0.2, 0.25) is 0 Å². The van der Waals surface area contributed by atoms with Crippen molar-refractivity contribution in [1.29, 1.82) is 0 Å². The molecule has 0 bridgehead atoms. The van der Waals surface area contributed by atoms with Crippen molar-refractivity contribution < 1.29 is 22.8 Å². The third-order valence-corrected chi connectivity index (χ3v) is 4.19. The molecule has 2 heterocycles. The van der Waals surface area contributed by atoms with Crippen molar-refractivity contribution >= 4 is 11.8 Å². The van der Waals surface area contributed by atoms with Crippen molar-refractivity contribution in [2.75, 3.05) is 6.54 Å². The van der Waals surface area contributed by atoms with Crippen LogP contribution in [0.15, 0.2) is 23.1 Å². The molecule has 2 rings (SSSR count). The zero-order valence-electron chi connectivity index (χ0n) is 14.0. The molecule has 0 aliphatic carbocycles. The van der Waals surface area contributed by atoms with Gasteiger partial charge in [0.2, 0.25) is 11.8 Å². The molecule has 1 aliphatic heterocycles.